The standard InChI is InChI=1S/C36H45ClN4O3/c1-26(2)29-15-10-16-30(27(3)4)34(29)38-36(43)41-24-21-39(22-25-41)20-23-40(35(42)31-14-7-8-17-32(31)37)19-11-13-28-12-6-9-18-33(28)44-5/h6-18,26-27H,19-25H2,1-5H3,(H,38,43). The molecule has 1 saturated heterocycles. The monoisotopic (exact) mass is 616 g/mol. The van der Waals surface area contributed by atoms with Crippen LogP contribution in [-0.4, -0.2) is 79.6 Å². The molecule has 1 fully saturated rings. The minimum Gasteiger partial charge on any atom is -0.496 e. The first-order chi connectivity index (χ1) is 21.2. The highest BCUT2D eigenvalue weighted by atomic mass is 35.5. The van der Waals surface area contributed by atoms with Crippen LogP contribution in [0.2, 0.25) is 5.02 Å². The van der Waals surface area contributed by atoms with Crippen molar-refractivity contribution in [1.29, 1.82) is 0 Å². The first kappa shape index (κ1) is 33.1. The number of nitrogens with one attached hydrogen (secondary N) is 1. The summed E-state index contributed by atoms with van der Waals surface area (Å²) in [6.45, 7) is 13.0. The lowest BCUT2D eigenvalue weighted by Gasteiger charge is -2.36. The number of hydrogen-bond donors (Lipinski definition) is 1. The number of methoxy groups -OCH3 is 1. The Balaban J connectivity index is 1.38. The van der Waals surface area contributed by atoms with E-state index in [1.165, 1.54) is 0 Å². The third kappa shape index (κ3) is 8.42. The van der Waals surface area contributed by atoms with Gasteiger partial charge >= 0.3 is 6.03 Å². The lowest BCUT2D eigenvalue weighted by Crippen LogP contribution is -2.51. The van der Waals surface area contributed by atoms with Crippen molar-refractivity contribution in [3.8, 4) is 5.75 Å². The Labute approximate surface area is 267 Å². The van der Waals surface area contributed by atoms with E-state index in [1.54, 1.807) is 19.2 Å². The molecule has 234 valence electrons. The Morgan fingerprint density at radius 1 is 0.909 bits per heavy atom. The number of carbonyl (C=O) groups is 2. The second-order valence-corrected chi connectivity index (χ2v) is 12.2. The van der Waals surface area contributed by atoms with E-state index in [1.807, 2.05) is 58.4 Å². The average Bonchev–Trinajstić information content (AvgIpc) is 3.02. The van der Waals surface area contributed by atoms with Crippen LogP contribution in [-0.2, 0) is 0 Å². The predicted octanol–water partition coefficient (Wildman–Crippen LogP) is 7.60. The molecule has 0 unspecified atom stereocenters. The number of ether oxygens (including phenoxy) is 1. The highest BCUT2D eigenvalue weighted by molar-refractivity contribution is 6.33. The zero-order valence-electron chi connectivity index (χ0n) is 26.6. The van der Waals surface area contributed by atoms with Crippen molar-refractivity contribution in [2.24, 2.45) is 0 Å². The summed E-state index contributed by atoms with van der Waals surface area (Å²) in [4.78, 5) is 33.0. The lowest BCUT2D eigenvalue weighted by atomic mass is 9.93. The van der Waals surface area contributed by atoms with Crippen LogP contribution in [0, 0.1) is 0 Å². The molecule has 3 amide bonds. The summed E-state index contributed by atoms with van der Waals surface area (Å²) in [5.41, 5.74) is 4.70. The molecule has 0 bridgehead atoms. The minimum absolute atomic E-state index is 0.0587. The number of anilines is 1. The fourth-order valence-corrected chi connectivity index (χ4v) is 5.73. The zero-order valence-corrected chi connectivity index (χ0v) is 27.3. The molecule has 1 aliphatic heterocycles. The molecule has 1 heterocycles. The van der Waals surface area contributed by atoms with Gasteiger partial charge in [-0.1, -0.05) is 100.0 Å². The lowest BCUT2D eigenvalue weighted by molar-refractivity contribution is 0.0739. The molecule has 44 heavy (non-hydrogen) atoms. The third-order valence-corrected chi connectivity index (χ3v) is 8.43. The van der Waals surface area contributed by atoms with Crippen LogP contribution in [0.1, 0.15) is 66.6 Å². The number of nitrogens with zero attached hydrogens (tertiary/aromatic N) is 3. The van der Waals surface area contributed by atoms with E-state index in [0.717, 1.165) is 41.2 Å². The maximum absolute atomic E-state index is 13.6. The van der Waals surface area contributed by atoms with E-state index in [0.29, 0.717) is 55.1 Å². The summed E-state index contributed by atoms with van der Waals surface area (Å²) >= 11 is 6.40. The molecule has 0 radical (unpaired) electrons. The largest absolute Gasteiger partial charge is 0.496 e. The van der Waals surface area contributed by atoms with E-state index in [4.69, 9.17) is 16.3 Å². The van der Waals surface area contributed by atoms with Gasteiger partial charge in [0.05, 0.1) is 17.7 Å². The normalized spacial score (nSPS) is 14.0. The average molecular weight is 617 g/mol. The van der Waals surface area contributed by atoms with E-state index in [2.05, 4.69) is 56.1 Å². The number of halogens is 1. The quantitative estimate of drug-likeness (QED) is 0.241. The van der Waals surface area contributed by atoms with Gasteiger partial charge in [-0.2, -0.15) is 0 Å². The van der Waals surface area contributed by atoms with Crippen molar-refractivity contribution in [2.75, 3.05) is 58.2 Å². The van der Waals surface area contributed by atoms with E-state index in [9.17, 15) is 9.59 Å². The number of benzene rings is 3. The molecule has 7 nitrogen and oxygen atoms in total. The zero-order chi connectivity index (χ0) is 31.6. The molecule has 3 aromatic rings. The number of para-hydroxylation sites is 2. The Bertz CT molecular complexity index is 1420. The summed E-state index contributed by atoms with van der Waals surface area (Å²) < 4.78 is 5.46. The Morgan fingerprint density at radius 3 is 2.18 bits per heavy atom. The summed E-state index contributed by atoms with van der Waals surface area (Å²) in [6.07, 6.45) is 3.96. The SMILES string of the molecule is COc1ccccc1C=CCN(CCN1CCN(C(=O)Nc2c(C(C)C)cccc2C(C)C)CC1)C(=O)c1ccccc1Cl. The van der Waals surface area contributed by atoms with Gasteiger partial charge in [-0.3, -0.25) is 9.69 Å². The fourth-order valence-electron chi connectivity index (χ4n) is 5.51. The molecule has 0 aliphatic carbocycles. The number of piperazine rings is 1. The highest BCUT2D eigenvalue weighted by Crippen LogP contribution is 2.32. The second kappa shape index (κ2) is 15.8. The summed E-state index contributed by atoms with van der Waals surface area (Å²) in [5.74, 6) is 1.29. The van der Waals surface area contributed by atoms with Gasteiger partial charge in [-0.25, -0.2) is 4.79 Å². The molecular formula is C36H45ClN4O3. The second-order valence-electron chi connectivity index (χ2n) is 11.8. The van der Waals surface area contributed by atoms with Gasteiger partial charge in [0.15, 0.2) is 0 Å². The first-order valence-electron chi connectivity index (χ1n) is 15.4. The predicted molar refractivity (Wildman–Crippen MR) is 181 cm³/mol. The molecule has 1 N–H and O–H groups in total. The number of carbonyl (C=O) groups excluding carboxylic acids is 2. The molecule has 0 spiro atoms. The van der Waals surface area contributed by atoms with Gasteiger partial charge in [0, 0.05) is 57.1 Å². The van der Waals surface area contributed by atoms with E-state index in [-0.39, 0.29) is 11.9 Å². The molecule has 8 heteroatoms. The van der Waals surface area contributed by atoms with Crippen LogP contribution in [0.15, 0.2) is 72.8 Å². The maximum atomic E-state index is 13.6. The number of hydrogen-bond acceptors (Lipinski definition) is 4. The molecule has 4 rings (SSSR count). The fraction of sp³-hybridized carbons (Fsp3) is 0.389. The van der Waals surface area contributed by atoms with Gasteiger partial charge in [-0.15, -0.1) is 0 Å². The number of urea groups is 1. The molecule has 3 aromatic carbocycles. The molecule has 0 atom stereocenters. The Morgan fingerprint density at radius 2 is 1.55 bits per heavy atom. The Hall–Kier alpha value is -3.81. The maximum Gasteiger partial charge on any atom is 0.321 e. The van der Waals surface area contributed by atoms with E-state index >= 15 is 0 Å². The van der Waals surface area contributed by atoms with Crippen LogP contribution < -0.4 is 10.1 Å². The number of amides is 3. The van der Waals surface area contributed by atoms with Crippen molar-refractivity contribution >= 4 is 35.3 Å². The molecule has 0 aromatic heterocycles. The van der Waals surface area contributed by atoms with Gasteiger partial charge in [0.1, 0.15) is 5.75 Å². The van der Waals surface area contributed by atoms with Crippen molar-refractivity contribution < 1.29 is 14.3 Å². The molecular weight excluding hydrogens is 572 g/mol. The van der Waals surface area contributed by atoms with Crippen molar-refractivity contribution in [2.45, 2.75) is 39.5 Å². The molecule has 0 saturated carbocycles. The highest BCUT2D eigenvalue weighted by Gasteiger charge is 2.25. The van der Waals surface area contributed by atoms with Gasteiger partial charge < -0.3 is 19.9 Å². The topological polar surface area (TPSA) is 65.1 Å². The minimum atomic E-state index is -0.108. The molecule has 1 aliphatic rings. The van der Waals surface area contributed by atoms with Crippen LogP contribution in [0.25, 0.3) is 6.08 Å². The third-order valence-electron chi connectivity index (χ3n) is 8.10. The van der Waals surface area contributed by atoms with Gasteiger partial charge in [-0.05, 0) is 41.2 Å². The first-order valence-corrected chi connectivity index (χ1v) is 15.8. The summed E-state index contributed by atoms with van der Waals surface area (Å²) in [7, 11) is 1.65. The van der Waals surface area contributed by atoms with Gasteiger partial charge in [0.25, 0.3) is 5.91 Å². The summed E-state index contributed by atoms with van der Waals surface area (Å²) in [5, 5.41) is 3.69. The smallest absolute Gasteiger partial charge is 0.321 e. The summed E-state index contributed by atoms with van der Waals surface area (Å²) in [6, 6.07) is 21.2. The van der Waals surface area contributed by atoms with Crippen LogP contribution in [0.4, 0.5) is 10.5 Å². The van der Waals surface area contributed by atoms with E-state index < -0.39 is 0 Å². The Kier molecular flexibility index (Phi) is 11.9. The van der Waals surface area contributed by atoms with Crippen LogP contribution in [0.5, 0.6) is 5.75 Å². The van der Waals surface area contributed by atoms with Gasteiger partial charge in [0.2, 0.25) is 0 Å². The van der Waals surface area contributed by atoms with Crippen molar-refractivity contribution in [3.63, 3.8) is 0 Å². The number of rotatable bonds is 11. The van der Waals surface area contributed by atoms with Crippen LogP contribution >= 0.6 is 11.6 Å². The van der Waals surface area contributed by atoms with Crippen LogP contribution in [0.3, 0.4) is 0 Å². The van der Waals surface area contributed by atoms with Crippen molar-refractivity contribution in [1.82, 2.24) is 14.7 Å². The van der Waals surface area contributed by atoms with Crippen molar-refractivity contribution in [3.05, 3.63) is 100 Å².